The number of thiophene rings is 1. The number of fused-ring (bicyclic) bond motifs is 3. The van der Waals surface area contributed by atoms with Crippen molar-refractivity contribution in [3.63, 3.8) is 0 Å². The first-order valence-corrected chi connectivity index (χ1v) is 9.17. The van der Waals surface area contributed by atoms with Gasteiger partial charge in [-0.1, -0.05) is 30.3 Å². The Balaban J connectivity index is 1.60. The number of hydrazone groups is 1. The summed E-state index contributed by atoms with van der Waals surface area (Å²) in [5.41, 5.74) is 4.20. The number of phenolic OH excluding ortho intramolecular Hbond substituents is 1. The van der Waals surface area contributed by atoms with Crippen molar-refractivity contribution in [2.45, 2.75) is 18.7 Å². The Bertz CT molecular complexity index is 952. The lowest BCUT2D eigenvalue weighted by atomic mass is 9.96. The van der Waals surface area contributed by atoms with Crippen LogP contribution in [0.25, 0.3) is 0 Å². The first kappa shape index (κ1) is 14.5. The fourth-order valence-electron chi connectivity index (χ4n) is 3.53. The maximum Gasteiger partial charge on any atom is 0.214 e. The van der Waals surface area contributed by atoms with Gasteiger partial charge in [-0.3, -0.25) is 0 Å². The summed E-state index contributed by atoms with van der Waals surface area (Å²) in [6.07, 6.45) is 0.575. The molecule has 1 N–H and O–H groups in total. The quantitative estimate of drug-likeness (QED) is 0.730. The monoisotopic (exact) mass is 348 g/mol. The van der Waals surface area contributed by atoms with E-state index in [2.05, 4.69) is 27.9 Å². The molecule has 0 saturated carbocycles. The molecule has 5 heteroatoms. The van der Waals surface area contributed by atoms with Crippen LogP contribution < -0.4 is 4.74 Å². The van der Waals surface area contributed by atoms with Crippen LogP contribution in [0.3, 0.4) is 0 Å². The van der Waals surface area contributed by atoms with Gasteiger partial charge in [-0.05, 0) is 35.0 Å². The first-order chi connectivity index (χ1) is 12.3. The highest BCUT2D eigenvalue weighted by molar-refractivity contribution is 7.07. The van der Waals surface area contributed by atoms with Crippen molar-refractivity contribution in [1.29, 1.82) is 0 Å². The number of ether oxygens (including phenoxy) is 1. The van der Waals surface area contributed by atoms with E-state index in [1.165, 1.54) is 0 Å². The Kier molecular flexibility index (Phi) is 3.28. The number of hydrogen-bond acceptors (Lipinski definition) is 5. The second-order valence-electron chi connectivity index (χ2n) is 6.26. The Morgan fingerprint density at radius 2 is 2.04 bits per heavy atom. The van der Waals surface area contributed by atoms with Crippen molar-refractivity contribution in [2.24, 2.45) is 5.10 Å². The van der Waals surface area contributed by atoms with Gasteiger partial charge in [0, 0.05) is 23.1 Å². The lowest BCUT2D eigenvalue weighted by Gasteiger charge is -2.37. The normalized spacial score (nSPS) is 21.3. The van der Waals surface area contributed by atoms with E-state index in [0.29, 0.717) is 0 Å². The van der Waals surface area contributed by atoms with Crippen molar-refractivity contribution in [1.82, 2.24) is 5.01 Å². The SMILES string of the molecule is Oc1cccc(C2=NN3[C@H](C2)c2ccccc2O[C@H]3c2ccsc2)c1. The average Bonchev–Trinajstić information content (AvgIpc) is 3.31. The molecule has 0 unspecified atom stereocenters. The summed E-state index contributed by atoms with van der Waals surface area (Å²) < 4.78 is 6.27. The largest absolute Gasteiger partial charge is 0.508 e. The van der Waals surface area contributed by atoms with Crippen LogP contribution in [0.1, 0.15) is 35.4 Å². The minimum Gasteiger partial charge on any atom is -0.508 e. The lowest BCUT2D eigenvalue weighted by Crippen LogP contribution is -2.33. The van der Waals surface area contributed by atoms with Crippen LogP contribution in [0.5, 0.6) is 11.5 Å². The van der Waals surface area contributed by atoms with Crippen LogP contribution in [0.15, 0.2) is 70.5 Å². The zero-order chi connectivity index (χ0) is 16.8. The van der Waals surface area contributed by atoms with Gasteiger partial charge in [0.15, 0.2) is 0 Å². The number of para-hydroxylation sites is 1. The summed E-state index contributed by atoms with van der Waals surface area (Å²) in [4.78, 5) is 0. The van der Waals surface area contributed by atoms with E-state index >= 15 is 0 Å². The summed E-state index contributed by atoms with van der Waals surface area (Å²) in [5.74, 6) is 1.18. The third kappa shape index (κ3) is 2.39. The van der Waals surface area contributed by atoms with Gasteiger partial charge in [0.1, 0.15) is 11.5 Å². The molecule has 4 nitrogen and oxygen atoms in total. The fourth-order valence-corrected chi connectivity index (χ4v) is 4.20. The van der Waals surface area contributed by atoms with E-state index < -0.39 is 0 Å². The van der Waals surface area contributed by atoms with Crippen molar-refractivity contribution in [3.8, 4) is 11.5 Å². The van der Waals surface area contributed by atoms with Crippen molar-refractivity contribution >= 4 is 17.0 Å². The summed E-state index contributed by atoms with van der Waals surface area (Å²) in [5, 5.41) is 20.9. The maximum absolute atomic E-state index is 9.80. The molecule has 2 aliphatic heterocycles. The minimum absolute atomic E-state index is 0.146. The fraction of sp³-hybridized carbons (Fsp3) is 0.150. The standard InChI is InChI=1S/C20H16N2O2S/c23-15-5-3-4-13(10-15)17-11-18-16-6-1-2-7-19(16)24-20(22(18)21-17)14-8-9-25-12-14/h1-10,12,18,20,23H,11H2/t18-,20+/m1/s1. The van der Waals surface area contributed by atoms with E-state index in [-0.39, 0.29) is 18.0 Å². The Hall–Kier alpha value is -2.79. The van der Waals surface area contributed by atoms with Crippen LogP contribution >= 0.6 is 11.3 Å². The minimum atomic E-state index is -0.221. The lowest BCUT2D eigenvalue weighted by molar-refractivity contribution is -0.0187. The molecule has 0 amide bonds. The highest BCUT2D eigenvalue weighted by atomic mass is 32.1. The number of phenols is 1. The smallest absolute Gasteiger partial charge is 0.214 e. The van der Waals surface area contributed by atoms with Crippen LogP contribution in [-0.4, -0.2) is 15.8 Å². The summed E-state index contributed by atoms with van der Waals surface area (Å²) >= 11 is 1.66. The molecule has 1 aromatic heterocycles. The molecule has 124 valence electrons. The molecule has 0 radical (unpaired) electrons. The molecule has 25 heavy (non-hydrogen) atoms. The first-order valence-electron chi connectivity index (χ1n) is 8.22. The highest BCUT2D eigenvalue weighted by Crippen LogP contribution is 2.47. The molecule has 3 heterocycles. The molecule has 2 aliphatic rings. The van der Waals surface area contributed by atoms with Gasteiger partial charge in [0.2, 0.25) is 6.23 Å². The molecule has 0 saturated heterocycles. The molecular formula is C20H16N2O2S. The second-order valence-corrected chi connectivity index (χ2v) is 7.04. The van der Waals surface area contributed by atoms with Gasteiger partial charge in [0.05, 0.1) is 11.8 Å². The number of benzene rings is 2. The predicted octanol–water partition coefficient (Wildman–Crippen LogP) is 4.70. The van der Waals surface area contributed by atoms with Gasteiger partial charge in [-0.25, -0.2) is 5.01 Å². The van der Waals surface area contributed by atoms with Gasteiger partial charge < -0.3 is 9.84 Å². The predicted molar refractivity (Wildman–Crippen MR) is 98.0 cm³/mol. The second kappa shape index (κ2) is 5.63. The Labute approximate surface area is 149 Å². The zero-order valence-electron chi connectivity index (χ0n) is 13.4. The van der Waals surface area contributed by atoms with E-state index in [4.69, 9.17) is 9.84 Å². The number of aromatic hydroxyl groups is 1. The molecular weight excluding hydrogens is 332 g/mol. The number of rotatable bonds is 2. The Morgan fingerprint density at radius 1 is 1.12 bits per heavy atom. The summed E-state index contributed by atoms with van der Waals surface area (Å²) in [6, 6.07) is 17.7. The number of nitrogens with zero attached hydrogens (tertiary/aromatic N) is 2. The van der Waals surface area contributed by atoms with Gasteiger partial charge in [0.25, 0.3) is 0 Å². The third-order valence-electron chi connectivity index (χ3n) is 4.71. The van der Waals surface area contributed by atoms with E-state index in [0.717, 1.165) is 34.6 Å². The van der Waals surface area contributed by atoms with Gasteiger partial charge >= 0.3 is 0 Å². The molecule has 0 bridgehead atoms. The zero-order valence-corrected chi connectivity index (χ0v) is 14.2. The van der Waals surface area contributed by atoms with Crippen LogP contribution in [0, 0.1) is 0 Å². The molecule has 0 fully saturated rings. The molecule has 2 atom stereocenters. The molecule has 0 aliphatic carbocycles. The molecule has 3 aromatic rings. The van der Waals surface area contributed by atoms with E-state index in [1.807, 2.05) is 30.3 Å². The summed E-state index contributed by atoms with van der Waals surface area (Å²) in [7, 11) is 0. The van der Waals surface area contributed by atoms with Crippen molar-refractivity contribution in [2.75, 3.05) is 0 Å². The van der Waals surface area contributed by atoms with Crippen LogP contribution in [-0.2, 0) is 0 Å². The number of hydrogen-bond donors (Lipinski definition) is 1. The van der Waals surface area contributed by atoms with E-state index in [9.17, 15) is 5.11 Å². The molecule has 0 spiro atoms. The Morgan fingerprint density at radius 3 is 2.88 bits per heavy atom. The van der Waals surface area contributed by atoms with Gasteiger partial charge in [-0.2, -0.15) is 16.4 Å². The molecule has 2 aromatic carbocycles. The van der Waals surface area contributed by atoms with Crippen LogP contribution in [0.4, 0.5) is 0 Å². The summed E-state index contributed by atoms with van der Waals surface area (Å²) in [6.45, 7) is 0. The maximum atomic E-state index is 9.80. The highest BCUT2D eigenvalue weighted by Gasteiger charge is 2.40. The van der Waals surface area contributed by atoms with Gasteiger partial charge in [-0.15, -0.1) is 0 Å². The van der Waals surface area contributed by atoms with Crippen molar-refractivity contribution < 1.29 is 9.84 Å². The van der Waals surface area contributed by atoms with Crippen LogP contribution in [0.2, 0.25) is 0 Å². The topological polar surface area (TPSA) is 45.1 Å². The third-order valence-corrected chi connectivity index (χ3v) is 5.41. The average molecular weight is 348 g/mol. The van der Waals surface area contributed by atoms with Crippen molar-refractivity contribution in [3.05, 3.63) is 82.0 Å². The van der Waals surface area contributed by atoms with E-state index in [1.54, 1.807) is 23.5 Å². The molecule has 5 rings (SSSR count).